The van der Waals surface area contributed by atoms with Crippen LogP contribution in [0.3, 0.4) is 0 Å². The van der Waals surface area contributed by atoms with Crippen molar-refractivity contribution >= 4 is 17.3 Å². The molecule has 0 aromatic heterocycles. The second-order valence-corrected chi connectivity index (χ2v) is 0.267. The molecule has 0 bridgehead atoms. The first kappa shape index (κ1) is 9.14. The van der Waals surface area contributed by atoms with Gasteiger partial charge < -0.3 is 1.43 Å². The topological polar surface area (TPSA) is 17.1 Å². The molecule has 0 atom stereocenters. The quantitative estimate of drug-likeness (QED) is 0.189. The van der Waals surface area contributed by atoms with Gasteiger partial charge in [0.15, 0.2) is 0 Å². The standard InChI is InChI=1S/CHClO.K.H/c2-1-3;;/h1H;;/q;+1;-1. The van der Waals surface area contributed by atoms with Crippen LogP contribution >= 0.6 is 11.6 Å². The van der Waals surface area contributed by atoms with Gasteiger partial charge in [0, 0.05) is 0 Å². The minimum absolute atomic E-state index is 0. The van der Waals surface area contributed by atoms with E-state index in [1.165, 1.54) is 0 Å². The molecule has 0 fully saturated rings. The zero-order valence-electron chi connectivity index (χ0n) is 3.36. The van der Waals surface area contributed by atoms with Gasteiger partial charge in [0.05, 0.1) is 0 Å². The van der Waals surface area contributed by atoms with E-state index in [0.29, 0.717) is 0 Å². The smallest absolute Gasteiger partial charge is 1.00 e. The summed E-state index contributed by atoms with van der Waals surface area (Å²) in [5.41, 5.74) is 0. The van der Waals surface area contributed by atoms with Gasteiger partial charge in [-0.2, -0.15) is 0 Å². The third kappa shape index (κ3) is 9.51. The predicted octanol–water partition coefficient (Wildman–Crippen LogP) is -2.47. The molecule has 0 aliphatic rings. The first-order valence-corrected chi connectivity index (χ1v) is 0.890. The van der Waals surface area contributed by atoms with Gasteiger partial charge in [-0.1, -0.05) is 0 Å². The molecular formula is CH2ClKO. The van der Waals surface area contributed by atoms with Crippen LogP contribution in [0.1, 0.15) is 1.43 Å². The molecule has 0 aromatic rings. The normalized spacial score (nSPS) is 3.25. The van der Waals surface area contributed by atoms with Crippen molar-refractivity contribution in [1.82, 2.24) is 0 Å². The van der Waals surface area contributed by atoms with E-state index >= 15 is 0 Å². The number of carbonyl (C=O) groups is 1. The first-order valence-electron chi connectivity index (χ1n) is 0.454. The largest absolute Gasteiger partial charge is 1.00 e. The van der Waals surface area contributed by atoms with E-state index in [4.69, 9.17) is 4.79 Å². The molecule has 1 nitrogen and oxygen atoms in total. The zero-order chi connectivity index (χ0) is 2.71. The van der Waals surface area contributed by atoms with Gasteiger partial charge in [-0.25, -0.2) is 0 Å². The maximum absolute atomic E-state index is 8.57. The Morgan fingerprint density at radius 3 is 2.00 bits per heavy atom. The maximum Gasteiger partial charge on any atom is 1.00 e. The van der Waals surface area contributed by atoms with E-state index in [9.17, 15) is 0 Å². The molecule has 0 heterocycles. The van der Waals surface area contributed by atoms with Crippen molar-refractivity contribution in [2.45, 2.75) is 0 Å². The Kier molecular flexibility index (Phi) is 20.2. The molecule has 0 aliphatic heterocycles. The van der Waals surface area contributed by atoms with E-state index < -0.39 is 0 Å². The van der Waals surface area contributed by atoms with Crippen molar-refractivity contribution < 1.29 is 57.6 Å². The molecular weight excluding hydrogens is 103 g/mol. The summed E-state index contributed by atoms with van der Waals surface area (Å²) in [5.74, 6) is 0.222. The van der Waals surface area contributed by atoms with Crippen LogP contribution < -0.4 is 51.4 Å². The molecule has 0 unspecified atom stereocenters. The van der Waals surface area contributed by atoms with Crippen LogP contribution in [0.4, 0.5) is 0 Å². The summed E-state index contributed by atoms with van der Waals surface area (Å²) in [4.78, 5) is 8.57. The number of carbonyl (C=O) groups excluding carboxylic acids is 1. The summed E-state index contributed by atoms with van der Waals surface area (Å²) >= 11 is 4.32. The molecule has 0 amide bonds. The fraction of sp³-hybridized carbons (Fsp3) is 0. The minimum atomic E-state index is 0. The van der Waals surface area contributed by atoms with Crippen LogP contribution in [0.5, 0.6) is 0 Å². The summed E-state index contributed by atoms with van der Waals surface area (Å²) in [5, 5.41) is 0. The van der Waals surface area contributed by atoms with Crippen LogP contribution in [0.2, 0.25) is 0 Å². The number of halogens is 1. The van der Waals surface area contributed by atoms with Gasteiger partial charge in [-0.3, -0.25) is 4.79 Å². The summed E-state index contributed by atoms with van der Waals surface area (Å²) < 4.78 is 0. The molecule has 0 aliphatic carbocycles. The predicted molar refractivity (Wildman–Crippen MR) is 13.7 cm³/mol. The molecule has 0 saturated heterocycles. The van der Waals surface area contributed by atoms with Crippen LogP contribution in [-0.2, 0) is 4.79 Å². The molecule has 0 saturated carbocycles. The number of rotatable bonds is 0. The van der Waals surface area contributed by atoms with E-state index in [2.05, 4.69) is 11.6 Å². The van der Waals surface area contributed by atoms with Crippen molar-refractivity contribution in [3.8, 4) is 0 Å². The van der Waals surface area contributed by atoms with Gasteiger partial charge >= 0.3 is 51.4 Å². The Morgan fingerprint density at radius 1 is 2.00 bits per heavy atom. The van der Waals surface area contributed by atoms with Crippen molar-refractivity contribution in [3.05, 3.63) is 0 Å². The van der Waals surface area contributed by atoms with E-state index in [1.807, 2.05) is 0 Å². The van der Waals surface area contributed by atoms with Crippen LogP contribution in [-0.4, -0.2) is 5.75 Å². The molecule has 4 heavy (non-hydrogen) atoms. The van der Waals surface area contributed by atoms with Gasteiger partial charge in [-0.15, -0.1) is 0 Å². The van der Waals surface area contributed by atoms with Gasteiger partial charge in [-0.05, 0) is 11.6 Å². The molecule has 3 heteroatoms. The third-order valence-corrected chi connectivity index (χ3v) is 0. The minimum Gasteiger partial charge on any atom is -1.00 e. The van der Waals surface area contributed by atoms with Crippen molar-refractivity contribution in [2.75, 3.05) is 0 Å². The molecule has 0 radical (unpaired) electrons. The summed E-state index contributed by atoms with van der Waals surface area (Å²) in [7, 11) is 0. The van der Waals surface area contributed by atoms with Gasteiger partial charge in [0.25, 0.3) is 0 Å². The van der Waals surface area contributed by atoms with E-state index in [1.54, 1.807) is 0 Å². The second kappa shape index (κ2) is 8.82. The Bertz CT molecular complexity index is 19.1. The van der Waals surface area contributed by atoms with E-state index in [0.717, 1.165) is 0 Å². The summed E-state index contributed by atoms with van der Waals surface area (Å²) in [6, 6.07) is 0. The zero-order valence-corrected chi connectivity index (χ0v) is 6.24. The Labute approximate surface area is 73.6 Å². The number of hydrogen-bond acceptors (Lipinski definition) is 1. The van der Waals surface area contributed by atoms with Crippen LogP contribution in [0, 0.1) is 0 Å². The first-order chi connectivity index (χ1) is 1.41. The summed E-state index contributed by atoms with van der Waals surface area (Å²) in [6.45, 7) is 0. The van der Waals surface area contributed by atoms with Gasteiger partial charge in [0.1, 0.15) is 0 Å². The molecule has 0 rings (SSSR count). The number of hydrogen-bond donors (Lipinski definition) is 0. The molecule has 0 spiro atoms. The monoisotopic (exact) mass is 104 g/mol. The molecule has 0 aromatic carbocycles. The van der Waals surface area contributed by atoms with Crippen LogP contribution in [0.25, 0.3) is 0 Å². The summed E-state index contributed by atoms with van der Waals surface area (Å²) in [6.07, 6.45) is 0. The van der Waals surface area contributed by atoms with Crippen molar-refractivity contribution in [2.24, 2.45) is 0 Å². The average molecular weight is 105 g/mol. The van der Waals surface area contributed by atoms with Crippen molar-refractivity contribution in [3.63, 3.8) is 0 Å². The van der Waals surface area contributed by atoms with Crippen molar-refractivity contribution in [1.29, 1.82) is 0 Å². The fourth-order valence-corrected chi connectivity index (χ4v) is 0. The Morgan fingerprint density at radius 2 is 2.00 bits per heavy atom. The fourth-order valence-electron chi connectivity index (χ4n) is 0. The van der Waals surface area contributed by atoms with E-state index in [-0.39, 0.29) is 58.6 Å². The van der Waals surface area contributed by atoms with Gasteiger partial charge in [0.2, 0.25) is 5.75 Å². The molecule has 20 valence electrons. The average Bonchev–Trinajstić information content (AvgIpc) is 0.918. The second-order valence-electron chi connectivity index (χ2n) is 0.0891. The Hall–Kier alpha value is 1.60. The SMILES string of the molecule is O=CCl.[H-].[K+]. The Balaban J connectivity index is -0.0000000200. The third-order valence-electron chi connectivity index (χ3n) is 0. The maximum atomic E-state index is 8.57. The van der Waals surface area contributed by atoms with Crippen LogP contribution in [0.15, 0.2) is 0 Å². The molecule has 0 N–H and O–H groups in total.